The van der Waals surface area contributed by atoms with Gasteiger partial charge >= 0.3 is 0 Å². The number of phenols is 1. The maximum atomic E-state index is 10.2. The molecule has 0 saturated carbocycles. The van der Waals surface area contributed by atoms with Crippen LogP contribution in [0.1, 0.15) is 57.9 Å². The van der Waals surface area contributed by atoms with E-state index in [4.69, 9.17) is 9.47 Å². The topological polar surface area (TPSA) is 58.9 Å². The smallest absolute Gasteiger partial charge is 0.200 e. The van der Waals surface area contributed by atoms with Crippen LogP contribution in [0.15, 0.2) is 12.1 Å². The highest BCUT2D eigenvalue weighted by atomic mass is 16.5. The van der Waals surface area contributed by atoms with Gasteiger partial charge in [0.1, 0.15) is 0 Å². The standard InChI is InChI=1S/C17H28O4/c1-3-5-7-9-20-15-11-14(13-18)12-16(17(15)19)21-10-8-6-4-2/h11-12,18-19H,3-10,13H2,1-2H3. The molecule has 0 aromatic heterocycles. The fraction of sp³-hybridized carbons (Fsp3) is 0.647. The van der Waals surface area contributed by atoms with Crippen molar-refractivity contribution in [3.05, 3.63) is 17.7 Å². The van der Waals surface area contributed by atoms with Crippen LogP contribution in [0.3, 0.4) is 0 Å². The molecule has 0 spiro atoms. The molecule has 1 aromatic carbocycles. The Bertz CT molecular complexity index is 371. The van der Waals surface area contributed by atoms with Crippen molar-refractivity contribution in [1.29, 1.82) is 0 Å². The molecule has 21 heavy (non-hydrogen) atoms. The van der Waals surface area contributed by atoms with Crippen molar-refractivity contribution < 1.29 is 19.7 Å². The van der Waals surface area contributed by atoms with Crippen LogP contribution in [0, 0.1) is 0 Å². The third-order valence-electron chi connectivity index (χ3n) is 3.29. The minimum atomic E-state index is -0.100. The molecule has 0 unspecified atom stereocenters. The summed E-state index contributed by atoms with van der Waals surface area (Å²) in [6, 6.07) is 3.33. The molecular weight excluding hydrogens is 268 g/mol. The quantitative estimate of drug-likeness (QED) is 0.605. The summed E-state index contributed by atoms with van der Waals surface area (Å²) in [5.41, 5.74) is 0.684. The number of rotatable bonds is 11. The van der Waals surface area contributed by atoms with E-state index in [1.54, 1.807) is 12.1 Å². The van der Waals surface area contributed by atoms with E-state index in [2.05, 4.69) is 13.8 Å². The van der Waals surface area contributed by atoms with Gasteiger partial charge < -0.3 is 19.7 Å². The second kappa shape index (κ2) is 10.3. The van der Waals surface area contributed by atoms with Gasteiger partial charge in [0.2, 0.25) is 5.75 Å². The van der Waals surface area contributed by atoms with Crippen LogP contribution in [-0.2, 0) is 6.61 Å². The summed E-state index contributed by atoms with van der Waals surface area (Å²) >= 11 is 0. The Labute approximate surface area is 127 Å². The highest BCUT2D eigenvalue weighted by molar-refractivity contribution is 5.52. The molecule has 0 saturated heterocycles. The molecule has 2 N–H and O–H groups in total. The van der Waals surface area contributed by atoms with E-state index in [-0.39, 0.29) is 12.4 Å². The average Bonchev–Trinajstić information content (AvgIpc) is 2.50. The molecule has 0 aliphatic rings. The zero-order valence-corrected chi connectivity index (χ0v) is 13.2. The van der Waals surface area contributed by atoms with Crippen molar-refractivity contribution >= 4 is 0 Å². The van der Waals surface area contributed by atoms with Crippen LogP contribution in [0.25, 0.3) is 0 Å². The van der Waals surface area contributed by atoms with Crippen LogP contribution < -0.4 is 9.47 Å². The normalized spacial score (nSPS) is 10.6. The summed E-state index contributed by atoms with van der Waals surface area (Å²) in [4.78, 5) is 0. The molecule has 0 aliphatic heterocycles. The summed E-state index contributed by atoms with van der Waals surface area (Å²) in [7, 11) is 0. The Kier molecular flexibility index (Phi) is 8.67. The van der Waals surface area contributed by atoms with E-state index in [0.717, 1.165) is 38.5 Å². The zero-order valence-electron chi connectivity index (χ0n) is 13.2. The van der Waals surface area contributed by atoms with Crippen molar-refractivity contribution in [2.24, 2.45) is 0 Å². The minimum absolute atomic E-state index is 0.0280. The molecule has 0 atom stereocenters. The molecule has 0 heterocycles. The molecule has 0 bridgehead atoms. The third-order valence-corrected chi connectivity index (χ3v) is 3.29. The van der Waals surface area contributed by atoms with Gasteiger partial charge in [0.05, 0.1) is 19.8 Å². The lowest BCUT2D eigenvalue weighted by Gasteiger charge is -2.14. The largest absolute Gasteiger partial charge is 0.502 e. The van der Waals surface area contributed by atoms with Crippen LogP contribution in [0.5, 0.6) is 17.2 Å². The predicted octanol–water partition coefficient (Wildman–Crippen LogP) is 4.02. The molecule has 4 nitrogen and oxygen atoms in total. The number of unbranched alkanes of at least 4 members (excludes halogenated alkanes) is 4. The molecule has 120 valence electrons. The lowest BCUT2D eigenvalue weighted by molar-refractivity contribution is 0.257. The van der Waals surface area contributed by atoms with Gasteiger partial charge in [-0.1, -0.05) is 39.5 Å². The van der Waals surface area contributed by atoms with Gasteiger partial charge in [-0.25, -0.2) is 0 Å². The van der Waals surface area contributed by atoms with Crippen molar-refractivity contribution in [1.82, 2.24) is 0 Å². The van der Waals surface area contributed by atoms with Gasteiger partial charge in [-0.2, -0.15) is 0 Å². The van der Waals surface area contributed by atoms with Gasteiger partial charge in [0, 0.05) is 0 Å². The van der Waals surface area contributed by atoms with Gasteiger partial charge in [-0.15, -0.1) is 0 Å². The Morgan fingerprint density at radius 1 is 0.857 bits per heavy atom. The molecular formula is C17H28O4. The molecule has 0 fully saturated rings. The molecule has 0 amide bonds. The SMILES string of the molecule is CCCCCOc1cc(CO)cc(OCCCCC)c1O. The summed E-state index contributed by atoms with van der Waals surface area (Å²) < 4.78 is 11.2. The number of aromatic hydroxyl groups is 1. The average molecular weight is 296 g/mol. The Morgan fingerprint density at radius 3 is 1.71 bits per heavy atom. The van der Waals surface area contributed by atoms with E-state index in [1.807, 2.05) is 0 Å². The van der Waals surface area contributed by atoms with Gasteiger partial charge in [0.15, 0.2) is 11.5 Å². The minimum Gasteiger partial charge on any atom is -0.502 e. The van der Waals surface area contributed by atoms with Gasteiger partial charge in [0.25, 0.3) is 0 Å². The first kappa shape index (κ1) is 17.6. The van der Waals surface area contributed by atoms with Gasteiger partial charge in [-0.3, -0.25) is 0 Å². The summed E-state index contributed by atoms with van der Waals surface area (Å²) in [6.07, 6.45) is 6.34. The molecule has 4 heteroatoms. The number of phenolic OH excluding ortho intramolecular Hbond substituents is 1. The van der Waals surface area contributed by atoms with Crippen molar-refractivity contribution in [3.63, 3.8) is 0 Å². The number of aliphatic hydroxyl groups excluding tert-OH is 1. The van der Waals surface area contributed by atoms with E-state index in [1.165, 1.54) is 0 Å². The molecule has 0 aliphatic carbocycles. The number of benzene rings is 1. The lowest BCUT2D eigenvalue weighted by atomic mass is 10.2. The summed E-state index contributed by atoms with van der Waals surface area (Å²) in [5, 5.41) is 19.5. The Hall–Kier alpha value is -1.42. The lowest BCUT2D eigenvalue weighted by Crippen LogP contribution is -2.02. The number of hydrogen-bond acceptors (Lipinski definition) is 4. The van der Waals surface area contributed by atoms with Crippen LogP contribution in [0.4, 0.5) is 0 Å². The maximum absolute atomic E-state index is 10.2. The van der Waals surface area contributed by atoms with Crippen molar-refractivity contribution in [3.8, 4) is 17.2 Å². The highest BCUT2D eigenvalue weighted by Gasteiger charge is 2.12. The van der Waals surface area contributed by atoms with Crippen LogP contribution in [-0.4, -0.2) is 23.4 Å². The highest BCUT2D eigenvalue weighted by Crippen LogP contribution is 2.38. The first-order chi connectivity index (χ1) is 10.2. The van der Waals surface area contributed by atoms with Crippen molar-refractivity contribution in [2.45, 2.75) is 59.0 Å². The van der Waals surface area contributed by atoms with Crippen LogP contribution in [0.2, 0.25) is 0 Å². The first-order valence-corrected chi connectivity index (χ1v) is 7.95. The Morgan fingerprint density at radius 2 is 1.33 bits per heavy atom. The Balaban J connectivity index is 2.68. The third kappa shape index (κ3) is 6.25. The van der Waals surface area contributed by atoms with E-state index in [9.17, 15) is 10.2 Å². The summed E-state index contributed by atoms with van der Waals surface area (Å²) in [6.45, 7) is 5.28. The second-order valence-electron chi connectivity index (χ2n) is 5.21. The fourth-order valence-electron chi connectivity index (χ4n) is 2.02. The van der Waals surface area contributed by atoms with Crippen LogP contribution >= 0.6 is 0 Å². The van der Waals surface area contributed by atoms with Gasteiger partial charge in [-0.05, 0) is 30.5 Å². The number of ether oxygens (including phenoxy) is 2. The molecule has 1 aromatic rings. The second-order valence-corrected chi connectivity index (χ2v) is 5.21. The molecule has 0 radical (unpaired) electrons. The maximum Gasteiger partial charge on any atom is 0.200 e. The summed E-state index contributed by atoms with van der Waals surface area (Å²) in [5.74, 6) is 0.812. The zero-order chi connectivity index (χ0) is 15.5. The molecule has 1 rings (SSSR count). The number of aliphatic hydroxyl groups is 1. The predicted molar refractivity (Wildman–Crippen MR) is 84.1 cm³/mol. The van der Waals surface area contributed by atoms with Crippen molar-refractivity contribution in [2.75, 3.05) is 13.2 Å². The van der Waals surface area contributed by atoms with E-state index >= 15 is 0 Å². The van der Waals surface area contributed by atoms with E-state index < -0.39 is 0 Å². The van der Waals surface area contributed by atoms with E-state index in [0.29, 0.717) is 30.3 Å². The first-order valence-electron chi connectivity index (χ1n) is 7.95. The fourth-order valence-corrected chi connectivity index (χ4v) is 2.02. The monoisotopic (exact) mass is 296 g/mol. The number of hydrogen-bond donors (Lipinski definition) is 2.